The van der Waals surface area contributed by atoms with Crippen molar-refractivity contribution < 1.29 is 4.57 Å². The number of nitrogens with zero attached hydrogens (tertiary/aromatic N) is 4. The highest BCUT2D eigenvalue weighted by Gasteiger charge is 2.39. The summed E-state index contributed by atoms with van der Waals surface area (Å²) in [6, 6.07) is 59.8. The van der Waals surface area contributed by atoms with E-state index in [2.05, 4.69) is 212 Å². The molecule has 0 fully saturated rings. The minimum absolute atomic E-state index is 0.0830. The van der Waals surface area contributed by atoms with E-state index in [1.807, 2.05) is 6.20 Å². The lowest BCUT2D eigenvalue weighted by Crippen LogP contribution is -2.49. The molecule has 0 aliphatic rings. The zero-order valence-corrected chi connectivity index (χ0v) is 30.0. The maximum Gasteiger partial charge on any atom is 0.250 e. The average molecular weight is 674 g/mol. The van der Waals surface area contributed by atoms with E-state index in [1.54, 1.807) is 0 Å². The Morgan fingerprint density at radius 2 is 1.13 bits per heavy atom. The molecule has 9 aromatic rings. The minimum Gasteiger partial charge on any atom is -0.294 e. The fourth-order valence-corrected chi connectivity index (χ4v) is 8.21. The third kappa shape index (κ3) is 4.97. The highest BCUT2D eigenvalue weighted by Crippen LogP contribution is 2.47. The molecule has 0 unspecified atom stereocenters. The van der Waals surface area contributed by atoms with Crippen molar-refractivity contribution in [2.45, 2.75) is 38.6 Å². The van der Waals surface area contributed by atoms with Crippen LogP contribution in [0.3, 0.4) is 0 Å². The van der Waals surface area contributed by atoms with Crippen molar-refractivity contribution in [2.24, 2.45) is 0 Å². The van der Waals surface area contributed by atoms with E-state index in [0.29, 0.717) is 0 Å². The van der Waals surface area contributed by atoms with Gasteiger partial charge in [0, 0.05) is 17.0 Å². The van der Waals surface area contributed by atoms with Gasteiger partial charge in [0.15, 0.2) is 11.0 Å². The van der Waals surface area contributed by atoms with Crippen LogP contribution in [0.25, 0.3) is 44.3 Å². The number of hydrogen-bond donors (Lipinski definition) is 0. The van der Waals surface area contributed by atoms with E-state index in [9.17, 15) is 0 Å². The van der Waals surface area contributed by atoms with E-state index in [-0.39, 0.29) is 5.54 Å². The highest BCUT2D eigenvalue weighted by molar-refractivity contribution is 6.09. The molecular weight excluding hydrogens is 633 g/mol. The van der Waals surface area contributed by atoms with E-state index in [0.717, 1.165) is 22.5 Å². The van der Waals surface area contributed by atoms with Crippen molar-refractivity contribution in [2.75, 3.05) is 0 Å². The van der Waals surface area contributed by atoms with Crippen LogP contribution in [0.1, 0.15) is 48.6 Å². The highest BCUT2D eigenvalue weighted by atomic mass is 15.2. The first kappa shape index (κ1) is 31.7. The van der Waals surface area contributed by atoms with Gasteiger partial charge in [-0.15, -0.1) is 0 Å². The van der Waals surface area contributed by atoms with E-state index in [4.69, 9.17) is 4.98 Å². The zero-order valence-electron chi connectivity index (χ0n) is 30.0. The van der Waals surface area contributed by atoms with Gasteiger partial charge in [0.05, 0.1) is 16.4 Å². The SMILES string of the molecule is Cc1ccnc(-n2c3ccccc3c3ccc(C(c4ccccc4)(c4ccccc4)c4cccc(-n5c[n+](C(C)(C)C)c6ccccc65)c4)cc32)c1. The number of pyridine rings is 1. The summed E-state index contributed by atoms with van der Waals surface area (Å²) in [6.07, 6.45) is 4.17. The van der Waals surface area contributed by atoms with Crippen molar-refractivity contribution in [3.63, 3.8) is 0 Å². The van der Waals surface area contributed by atoms with Gasteiger partial charge >= 0.3 is 0 Å². The molecule has 0 spiro atoms. The maximum atomic E-state index is 4.90. The first-order chi connectivity index (χ1) is 25.3. The standard InChI is InChI=1S/C48H41N4/c1-34-28-29-49-46(30-34)52-42-23-12-11-22-40(42)41-27-26-38(32-45(41)52)48(35-16-7-5-8-17-35,36-18-9-6-10-19-36)37-20-15-21-39(31-37)50-33-51(47(2,3)4)44-25-14-13-24-43(44)50/h5-33H,1-4H3/q+1. The Kier molecular flexibility index (Phi) is 7.44. The third-order valence-corrected chi connectivity index (χ3v) is 10.6. The van der Waals surface area contributed by atoms with Crippen LogP contribution < -0.4 is 4.57 Å². The predicted octanol–water partition coefficient (Wildman–Crippen LogP) is 10.9. The fourth-order valence-electron chi connectivity index (χ4n) is 8.21. The number of imidazole rings is 1. The Labute approximate surface area is 304 Å². The number of hydrogen-bond acceptors (Lipinski definition) is 1. The molecule has 0 atom stereocenters. The minimum atomic E-state index is -0.642. The lowest BCUT2D eigenvalue weighted by Gasteiger charge is -2.37. The summed E-state index contributed by atoms with van der Waals surface area (Å²) in [7, 11) is 0. The molecule has 4 nitrogen and oxygen atoms in total. The molecule has 4 heteroatoms. The van der Waals surface area contributed by atoms with Gasteiger partial charge in [-0.2, -0.15) is 4.57 Å². The summed E-state index contributed by atoms with van der Waals surface area (Å²) in [6.45, 7) is 8.91. The van der Waals surface area contributed by atoms with Crippen molar-refractivity contribution in [3.05, 3.63) is 204 Å². The van der Waals surface area contributed by atoms with Crippen LogP contribution in [0.4, 0.5) is 0 Å². The van der Waals surface area contributed by atoms with Crippen LogP contribution in [0, 0.1) is 6.92 Å². The van der Waals surface area contributed by atoms with Crippen LogP contribution in [-0.2, 0) is 11.0 Å². The van der Waals surface area contributed by atoms with Crippen LogP contribution in [0.2, 0.25) is 0 Å². The molecule has 9 rings (SSSR count). The fraction of sp³-hybridized carbons (Fsp3) is 0.125. The second-order valence-corrected chi connectivity index (χ2v) is 14.8. The number of rotatable bonds is 6. The average Bonchev–Trinajstić information content (AvgIpc) is 3.73. The molecule has 252 valence electrons. The van der Waals surface area contributed by atoms with Gasteiger partial charge in [0.25, 0.3) is 0 Å². The Morgan fingerprint density at radius 3 is 1.85 bits per heavy atom. The Morgan fingerprint density at radius 1 is 0.519 bits per heavy atom. The lowest BCUT2D eigenvalue weighted by molar-refractivity contribution is -0.731. The number of aromatic nitrogens is 4. The Hall–Kier alpha value is -6.26. The summed E-state index contributed by atoms with van der Waals surface area (Å²) in [4.78, 5) is 4.90. The number of para-hydroxylation sites is 3. The molecular formula is C48H41N4+. The third-order valence-electron chi connectivity index (χ3n) is 10.6. The number of fused-ring (bicyclic) bond motifs is 4. The van der Waals surface area contributed by atoms with Gasteiger partial charge < -0.3 is 0 Å². The first-order valence-corrected chi connectivity index (χ1v) is 18.0. The molecule has 0 bridgehead atoms. The van der Waals surface area contributed by atoms with Crippen LogP contribution in [-0.4, -0.2) is 14.1 Å². The first-order valence-electron chi connectivity index (χ1n) is 18.0. The molecule has 0 radical (unpaired) electrons. The molecule has 0 saturated heterocycles. The summed E-state index contributed by atoms with van der Waals surface area (Å²) >= 11 is 0. The largest absolute Gasteiger partial charge is 0.294 e. The molecule has 0 amide bonds. The van der Waals surface area contributed by atoms with Crippen LogP contribution in [0.5, 0.6) is 0 Å². The predicted molar refractivity (Wildman–Crippen MR) is 214 cm³/mol. The van der Waals surface area contributed by atoms with E-state index in [1.165, 1.54) is 49.6 Å². The second kappa shape index (κ2) is 12.2. The molecule has 0 aliphatic carbocycles. The maximum absolute atomic E-state index is 4.90. The van der Waals surface area contributed by atoms with Gasteiger partial charge in [-0.25, -0.2) is 9.55 Å². The monoisotopic (exact) mass is 673 g/mol. The molecule has 3 heterocycles. The van der Waals surface area contributed by atoms with Crippen molar-refractivity contribution in [1.82, 2.24) is 14.1 Å². The van der Waals surface area contributed by atoms with Crippen LogP contribution in [0.15, 0.2) is 176 Å². The number of benzene rings is 6. The van der Waals surface area contributed by atoms with Gasteiger partial charge in [-0.1, -0.05) is 115 Å². The number of aryl methyl sites for hydroxylation is 1. The summed E-state index contributed by atoms with van der Waals surface area (Å²) in [5, 5.41) is 2.42. The lowest BCUT2D eigenvalue weighted by atomic mass is 9.65. The van der Waals surface area contributed by atoms with Crippen molar-refractivity contribution in [3.8, 4) is 11.5 Å². The van der Waals surface area contributed by atoms with Gasteiger partial charge in [-0.3, -0.25) is 4.57 Å². The molecule has 0 aliphatic heterocycles. The quantitative estimate of drug-likeness (QED) is 0.127. The van der Waals surface area contributed by atoms with E-state index < -0.39 is 5.41 Å². The van der Waals surface area contributed by atoms with Crippen LogP contribution >= 0.6 is 0 Å². The van der Waals surface area contributed by atoms with Gasteiger partial charge in [0.1, 0.15) is 17.0 Å². The molecule has 0 saturated carbocycles. The summed E-state index contributed by atoms with van der Waals surface area (Å²) in [5.74, 6) is 0.919. The van der Waals surface area contributed by atoms with Gasteiger partial charge in [0.2, 0.25) is 6.33 Å². The topological polar surface area (TPSA) is 26.6 Å². The second-order valence-electron chi connectivity index (χ2n) is 14.8. The van der Waals surface area contributed by atoms with Crippen molar-refractivity contribution in [1.29, 1.82) is 0 Å². The van der Waals surface area contributed by atoms with Crippen molar-refractivity contribution >= 4 is 32.8 Å². The Bertz CT molecular complexity index is 2690. The zero-order chi connectivity index (χ0) is 35.5. The molecule has 3 aromatic heterocycles. The molecule has 52 heavy (non-hydrogen) atoms. The molecule has 0 N–H and O–H groups in total. The smallest absolute Gasteiger partial charge is 0.250 e. The van der Waals surface area contributed by atoms with Gasteiger partial charge in [-0.05, 0) is 104 Å². The summed E-state index contributed by atoms with van der Waals surface area (Å²) in [5.41, 5.74) is 11.0. The Balaban J connectivity index is 1.38. The summed E-state index contributed by atoms with van der Waals surface area (Å²) < 4.78 is 7.05. The van der Waals surface area contributed by atoms with E-state index >= 15 is 0 Å². The molecule has 6 aromatic carbocycles. The normalized spacial score (nSPS) is 12.2.